The normalized spacial score (nSPS) is 16.9. The lowest BCUT2D eigenvalue weighted by molar-refractivity contribution is -0.122. The molecule has 29 heavy (non-hydrogen) atoms. The summed E-state index contributed by atoms with van der Waals surface area (Å²) < 4.78 is 15.4. The summed E-state index contributed by atoms with van der Waals surface area (Å²) in [4.78, 5) is 31.4. The van der Waals surface area contributed by atoms with Crippen molar-refractivity contribution >= 4 is 17.5 Å². The smallest absolute Gasteiger partial charge is 0.352 e. The number of hydrogen-bond acceptors (Lipinski definition) is 5. The monoisotopic (exact) mass is 398 g/mol. The number of nitrogens with zero attached hydrogens (tertiary/aromatic N) is 5. The zero-order valence-electron chi connectivity index (χ0n) is 16.2. The lowest BCUT2D eigenvalue weighted by atomic mass is 10.0. The maximum Gasteiger partial charge on any atom is 0.352 e. The number of aromatic nitrogens is 4. The highest BCUT2D eigenvalue weighted by atomic mass is 19.1. The SMILES string of the molecule is C[C@@H]1CCCN(c2ccn3c(=O)n(CC(=O)NCc4ccc(F)cc4)nc3n2)C1. The minimum atomic E-state index is -0.414. The number of carbonyl (C=O) groups is 1. The Balaban J connectivity index is 1.46. The van der Waals surface area contributed by atoms with Crippen LogP contribution in [0, 0.1) is 11.7 Å². The van der Waals surface area contributed by atoms with E-state index in [9.17, 15) is 14.0 Å². The molecular weight excluding hydrogens is 375 g/mol. The van der Waals surface area contributed by atoms with Crippen molar-refractivity contribution in [2.45, 2.75) is 32.9 Å². The van der Waals surface area contributed by atoms with Crippen LogP contribution in [-0.2, 0) is 17.9 Å². The van der Waals surface area contributed by atoms with Gasteiger partial charge in [0.25, 0.3) is 5.78 Å². The zero-order valence-corrected chi connectivity index (χ0v) is 16.2. The molecule has 1 atom stereocenters. The molecule has 1 fully saturated rings. The second-order valence-electron chi connectivity index (χ2n) is 7.49. The number of piperidine rings is 1. The van der Waals surface area contributed by atoms with Crippen LogP contribution in [0.3, 0.4) is 0 Å². The van der Waals surface area contributed by atoms with Gasteiger partial charge in [-0.25, -0.2) is 18.3 Å². The van der Waals surface area contributed by atoms with Crippen LogP contribution in [-0.4, -0.2) is 38.2 Å². The quantitative estimate of drug-likeness (QED) is 0.706. The molecule has 0 aliphatic carbocycles. The van der Waals surface area contributed by atoms with E-state index in [1.54, 1.807) is 18.3 Å². The van der Waals surface area contributed by atoms with Crippen molar-refractivity contribution in [3.63, 3.8) is 0 Å². The Morgan fingerprint density at radius 1 is 1.28 bits per heavy atom. The van der Waals surface area contributed by atoms with Crippen LogP contribution in [0.25, 0.3) is 5.78 Å². The summed E-state index contributed by atoms with van der Waals surface area (Å²) in [6.07, 6.45) is 3.97. The highest BCUT2D eigenvalue weighted by molar-refractivity contribution is 5.75. The molecule has 1 aromatic carbocycles. The molecule has 152 valence electrons. The molecule has 1 saturated heterocycles. The van der Waals surface area contributed by atoms with Gasteiger partial charge in [0.2, 0.25) is 5.91 Å². The summed E-state index contributed by atoms with van der Waals surface area (Å²) in [6, 6.07) is 7.67. The molecule has 1 N–H and O–H groups in total. The van der Waals surface area contributed by atoms with Crippen LogP contribution in [0.5, 0.6) is 0 Å². The van der Waals surface area contributed by atoms with E-state index in [0.717, 1.165) is 35.6 Å². The number of benzene rings is 1. The molecule has 0 unspecified atom stereocenters. The van der Waals surface area contributed by atoms with Gasteiger partial charge in [0, 0.05) is 25.8 Å². The van der Waals surface area contributed by atoms with E-state index in [1.807, 2.05) is 6.07 Å². The van der Waals surface area contributed by atoms with Crippen molar-refractivity contribution in [2.24, 2.45) is 5.92 Å². The minimum absolute atomic E-state index is 0.209. The van der Waals surface area contributed by atoms with Gasteiger partial charge in [0.05, 0.1) is 0 Å². The average molecular weight is 398 g/mol. The van der Waals surface area contributed by atoms with Gasteiger partial charge in [-0.2, -0.15) is 4.98 Å². The molecule has 0 bridgehead atoms. The summed E-state index contributed by atoms with van der Waals surface area (Å²) in [5.74, 6) is 0.984. The molecule has 3 heterocycles. The second-order valence-corrected chi connectivity index (χ2v) is 7.49. The first kappa shape index (κ1) is 19.1. The highest BCUT2D eigenvalue weighted by Crippen LogP contribution is 2.21. The summed E-state index contributed by atoms with van der Waals surface area (Å²) in [5, 5.41) is 6.92. The lowest BCUT2D eigenvalue weighted by Gasteiger charge is -2.31. The van der Waals surface area contributed by atoms with Crippen molar-refractivity contribution < 1.29 is 9.18 Å². The molecule has 0 radical (unpaired) electrons. The Morgan fingerprint density at radius 3 is 2.83 bits per heavy atom. The fourth-order valence-corrected chi connectivity index (χ4v) is 3.57. The summed E-state index contributed by atoms with van der Waals surface area (Å²) in [7, 11) is 0. The number of anilines is 1. The average Bonchev–Trinajstić information content (AvgIpc) is 3.02. The zero-order chi connectivity index (χ0) is 20.4. The molecule has 3 aromatic rings. The third-order valence-electron chi connectivity index (χ3n) is 5.12. The topological polar surface area (TPSA) is 84.5 Å². The van der Waals surface area contributed by atoms with Crippen molar-refractivity contribution in [3.05, 3.63) is 58.4 Å². The summed E-state index contributed by atoms with van der Waals surface area (Å²) in [5.41, 5.74) is 0.354. The Hall–Kier alpha value is -3.23. The number of carbonyl (C=O) groups excluding carboxylic acids is 1. The first-order valence-corrected chi connectivity index (χ1v) is 9.72. The van der Waals surface area contributed by atoms with Gasteiger partial charge >= 0.3 is 5.69 Å². The van der Waals surface area contributed by atoms with Gasteiger partial charge in [-0.1, -0.05) is 19.1 Å². The molecule has 0 spiro atoms. The predicted octanol–water partition coefficient (Wildman–Crippen LogP) is 1.58. The molecule has 9 heteroatoms. The first-order valence-electron chi connectivity index (χ1n) is 9.72. The second kappa shape index (κ2) is 8.02. The fourth-order valence-electron chi connectivity index (χ4n) is 3.57. The van der Waals surface area contributed by atoms with E-state index in [0.29, 0.717) is 5.92 Å². The number of nitrogens with one attached hydrogen (secondary N) is 1. The van der Waals surface area contributed by atoms with E-state index < -0.39 is 5.69 Å². The number of rotatable bonds is 5. The first-order chi connectivity index (χ1) is 14.0. The number of amides is 1. The van der Waals surface area contributed by atoms with Crippen LogP contribution in [0.2, 0.25) is 0 Å². The lowest BCUT2D eigenvalue weighted by Crippen LogP contribution is -2.35. The van der Waals surface area contributed by atoms with Crippen LogP contribution in [0.1, 0.15) is 25.3 Å². The number of halogens is 1. The van der Waals surface area contributed by atoms with Crippen molar-refractivity contribution in [1.29, 1.82) is 0 Å². The van der Waals surface area contributed by atoms with E-state index in [1.165, 1.54) is 23.0 Å². The maximum atomic E-state index is 12.9. The van der Waals surface area contributed by atoms with Gasteiger partial charge in [-0.15, -0.1) is 5.10 Å². The predicted molar refractivity (Wildman–Crippen MR) is 106 cm³/mol. The van der Waals surface area contributed by atoms with E-state index in [-0.39, 0.29) is 30.6 Å². The van der Waals surface area contributed by atoms with E-state index >= 15 is 0 Å². The third-order valence-corrected chi connectivity index (χ3v) is 5.12. The molecule has 4 rings (SSSR count). The van der Waals surface area contributed by atoms with E-state index in [2.05, 4.69) is 27.2 Å². The highest BCUT2D eigenvalue weighted by Gasteiger charge is 2.19. The van der Waals surface area contributed by atoms with Gasteiger partial charge in [-0.05, 0) is 42.5 Å². The Kier molecular flexibility index (Phi) is 5.28. The van der Waals surface area contributed by atoms with Crippen LogP contribution in [0.15, 0.2) is 41.3 Å². The standard InChI is InChI=1S/C20H23FN6O2/c1-14-3-2-9-25(12-14)17-8-10-26-19(23-17)24-27(20(26)29)13-18(28)22-11-15-4-6-16(21)7-5-15/h4-8,10,14H,2-3,9,11-13H2,1H3,(H,22,28)/t14-/m1/s1. The molecule has 8 nitrogen and oxygen atoms in total. The molecule has 1 aliphatic rings. The Morgan fingerprint density at radius 2 is 2.07 bits per heavy atom. The Labute approximate surface area is 167 Å². The van der Waals surface area contributed by atoms with Crippen molar-refractivity contribution in [3.8, 4) is 0 Å². The summed E-state index contributed by atoms with van der Waals surface area (Å²) >= 11 is 0. The molecule has 2 aromatic heterocycles. The van der Waals surface area contributed by atoms with E-state index in [4.69, 9.17) is 0 Å². The molecule has 1 amide bonds. The van der Waals surface area contributed by atoms with Gasteiger partial charge < -0.3 is 10.2 Å². The van der Waals surface area contributed by atoms with Crippen LogP contribution in [0.4, 0.5) is 10.2 Å². The summed E-state index contributed by atoms with van der Waals surface area (Å²) in [6.45, 7) is 4.12. The minimum Gasteiger partial charge on any atom is -0.356 e. The van der Waals surface area contributed by atoms with Crippen LogP contribution >= 0.6 is 0 Å². The Bertz CT molecular complexity index is 1070. The third kappa shape index (κ3) is 4.28. The fraction of sp³-hybridized carbons (Fsp3) is 0.400. The largest absolute Gasteiger partial charge is 0.356 e. The maximum absolute atomic E-state index is 12.9. The molecular formula is C20H23FN6O2. The molecule has 0 saturated carbocycles. The molecule has 1 aliphatic heterocycles. The van der Waals surface area contributed by atoms with Gasteiger partial charge in [0.15, 0.2) is 0 Å². The number of hydrogen-bond donors (Lipinski definition) is 1. The van der Waals surface area contributed by atoms with Gasteiger partial charge in [-0.3, -0.25) is 4.79 Å². The van der Waals surface area contributed by atoms with Crippen LogP contribution < -0.4 is 15.9 Å². The van der Waals surface area contributed by atoms with Gasteiger partial charge in [0.1, 0.15) is 18.2 Å². The van der Waals surface area contributed by atoms with Crippen molar-refractivity contribution in [2.75, 3.05) is 18.0 Å². The number of fused-ring (bicyclic) bond motifs is 1. The van der Waals surface area contributed by atoms with Crippen molar-refractivity contribution in [1.82, 2.24) is 24.5 Å².